The van der Waals surface area contributed by atoms with Crippen molar-refractivity contribution in [3.05, 3.63) is 77.9 Å². The lowest BCUT2D eigenvalue weighted by molar-refractivity contribution is -0.136. The van der Waals surface area contributed by atoms with E-state index in [1.165, 1.54) is 6.21 Å². The average Bonchev–Trinajstić information content (AvgIpc) is 2.90. The van der Waals surface area contributed by atoms with Crippen molar-refractivity contribution in [2.45, 2.75) is 13.8 Å². The minimum atomic E-state index is -0.912. The number of nitrogens with one attached hydrogen (secondary N) is 3. The highest BCUT2D eigenvalue weighted by Crippen LogP contribution is 2.28. The van der Waals surface area contributed by atoms with Gasteiger partial charge in [0.15, 0.2) is 18.1 Å². The molecule has 10 nitrogen and oxygen atoms in total. The molecule has 3 rings (SSSR count). The third-order valence-corrected chi connectivity index (χ3v) is 4.90. The molecule has 0 bridgehead atoms. The van der Waals surface area contributed by atoms with Crippen LogP contribution in [0.15, 0.2) is 71.8 Å². The number of amides is 3. The standard InChI is InChI=1S/C27H28N4O6/c1-4-36-24-15-19(16-28-31-27(34)26(33)30-21-8-5-18(2)6-9-21)7-14-23(24)37-17-25(32)29-20-10-12-22(35-3)13-11-20/h5-16H,4,17H2,1-3H3,(H,29,32)(H,30,33)(H,31,34)/b28-16-. The molecule has 0 heterocycles. The number of carbonyl (C=O) groups is 3. The minimum Gasteiger partial charge on any atom is -0.497 e. The quantitative estimate of drug-likeness (QED) is 0.220. The predicted octanol–water partition coefficient (Wildman–Crippen LogP) is 3.51. The largest absolute Gasteiger partial charge is 0.497 e. The van der Waals surface area contributed by atoms with Crippen LogP contribution in [-0.2, 0) is 14.4 Å². The summed E-state index contributed by atoms with van der Waals surface area (Å²) in [5.41, 5.74) is 4.92. The first kappa shape index (κ1) is 26.7. The second kappa shape index (κ2) is 13.3. The van der Waals surface area contributed by atoms with E-state index in [0.29, 0.717) is 40.8 Å². The summed E-state index contributed by atoms with van der Waals surface area (Å²) < 4.78 is 16.3. The first-order chi connectivity index (χ1) is 17.9. The van der Waals surface area contributed by atoms with Crippen LogP contribution in [0.4, 0.5) is 11.4 Å². The summed E-state index contributed by atoms with van der Waals surface area (Å²) in [7, 11) is 1.57. The average molecular weight is 505 g/mol. The number of anilines is 2. The van der Waals surface area contributed by atoms with Crippen LogP contribution in [0.5, 0.6) is 17.2 Å². The number of hydrazone groups is 1. The summed E-state index contributed by atoms with van der Waals surface area (Å²) >= 11 is 0. The number of ether oxygens (including phenoxy) is 3. The fraction of sp³-hybridized carbons (Fsp3) is 0.185. The number of methoxy groups -OCH3 is 1. The zero-order chi connectivity index (χ0) is 26.6. The third-order valence-electron chi connectivity index (χ3n) is 4.90. The summed E-state index contributed by atoms with van der Waals surface area (Å²) in [6.45, 7) is 3.87. The molecule has 37 heavy (non-hydrogen) atoms. The Hall–Kier alpha value is -4.86. The number of benzene rings is 3. The van der Waals surface area contributed by atoms with E-state index in [9.17, 15) is 14.4 Å². The van der Waals surface area contributed by atoms with Crippen LogP contribution in [0.3, 0.4) is 0 Å². The smallest absolute Gasteiger partial charge is 0.329 e. The van der Waals surface area contributed by atoms with E-state index in [1.54, 1.807) is 61.7 Å². The zero-order valence-electron chi connectivity index (χ0n) is 20.7. The highest BCUT2D eigenvalue weighted by Gasteiger charge is 2.13. The van der Waals surface area contributed by atoms with E-state index in [1.807, 2.05) is 26.0 Å². The van der Waals surface area contributed by atoms with Crippen molar-refractivity contribution in [1.29, 1.82) is 0 Å². The van der Waals surface area contributed by atoms with Crippen LogP contribution < -0.4 is 30.3 Å². The summed E-state index contributed by atoms with van der Waals surface area (Å²) in [5.74, 6) is -0.649. The number of hydrogen-bond acceptors (Lipinski definition) is 7. The van der Waals surface area contributed by atoms with Gasteiger partial charge in [-0.05, 0) is 74.0 Å². The Morgan fingerprint density at radius 1 is 0.838 bits per heavy atom. The van der Waals surface area contributed by atoms with Crippen molar-refractivity contribution >= 4 is 35.3 Å². The molecule has 10 heteroatoms. The highest BCUT2D eigenvalue weighted by atomic mass is 16.5. The SMILES string of the molecule is CCOc1cc(/C=N\NC(=O)C(=O)Nc2ccc(C)cc2)ccc1OCC(=O)Nc1ccc(OC)cc1. The molecular formula is C27H28N4O6. The first-order valence-electron chi connectivity index (χ1n) is 11.4. The van der Waals surface area contributed by atoms with Gasteiger partial charge >= 0.3 is 11.8 Å². The zero-order valence-corrected chi connectivity index (χ0v) is 20.7. The number of hydrogen-bond donors (Lipinski definition) is 3. The van der Waals surface area contributed by atoms with Crippen LogP contribution in [-0.4, -0.2) is 44.3 Å². The second-order valence-corrected chi connectivity index (χ2v) is 7.72. The Bertz CT molecular complexity index is 1260. The number of carbonyl (C=O) groups excluding carboxylic acids is 3. The molecule has 192 valence electrons. The molecule has 0 spiro atoms. The normalized spacial score (nSPS) is 10.5. The third kappa shape index (κ3) is 8.39. The molecule has 0 radical (unpaired) electrons. The minimum absolute atomic E-state index is 0.230. The van der Waals surface area contributed by atoms with E-state index in [2.05, 4.69) is 21.2 Å². The molecule has 0 saturated heterocycles. The van der Waals surface area contributed by atoms with Gasteiger partial charge in [0.2, 0.25) is 0 Å². The fourth-order valence-corrected chi connectivity index (χ4v) is 3.05. The molecule has 3 N–H and O–H groups in total. The van der Waals surface area contributed by atoms with Crippen molar-refractivity contribution in [3.8, 4) is 17.2 Å². The van der Waals surface area contributed by atoms with Crippen LogP contribution in [0.1, 0.15) is 18.1 Å². The van der Waals surface area contributed by atoms with Crippen LogP contribution in [0.2, 0.25) is 0 Å². The maximum absolute atomic E-state index is 12.3. The lowest BCUT2D eigenvalue weighted by Crippen LogP contribution is -2.32. The van der Waals surface area contributed by atoms with Gasteiger partial charge in [0.25, 0.3) is 5.91 Å². The molecule has 0 aliphatic rings. The molecule has 0 fully saturated rings. The van der Waals surface area contributed by atoms with E-state index in [-0.39, 0.29) is 12.5 Å². The molecule has 0 aromatic heterocycles. The summed E-state index contributed by atoms with van der Waals surface area (Å²) in [6.07, 6.45) is 1.36. The summed E-state index contributed by atoms with van der Waals surface area (Å²) in [5, 5.41) is 9.06. The highest BCUT2D eigenvalue weighted by molar-refractivity contribution is 6.39. The van der Waals surface area contributed by atoms with Gasteiger partial charge in [-0.3, -0.25) is 14.4 Å². The molecule has 0 atom stereocenters. The molecule has 0 aliphatic carbocycles. The van der Waals surface area contributed by atoms with Crippen molar-refractivity contribution < 1.29 is 28.6 Å². The van der Waals surface area contributed by atoms with E-state index >= 15 is 0 Å². The Labute approximate surface area is 214 Å². The lowest BCUT2D eigenvalue weighted by atomic mass is 10.2. The Kier molecular flexibility index (Phi) is 9.60. The predicted molar refractivity (Wildman–Crippen MR) is 140 cm³/mol. The van der Waals surface area contributed by atoms with Crippen LogP contribution in [0, 0.1) is 6.92 Å². The van der Waals surface area contributed by atoms with Crippen molar-refractivity contribution in [2.75, 3.05) is 31.0 Å². The summed E-state index contributed by atoms with van der Waals surface area (Å²) in [6, 6.07) is 18.9. The Balaban J connectivity index is 1.54. The first-order valence-corrected chi connectivity index (χ1v) is 11.4. The molecule has 0 unspecified atom stereocenters. The van der Waals surface area contributed by atoms with Crippen molar-refractivity contribution in [2.24, 2.45) is 5.10 Å². The Morgan fingerprint density at radius 2 is 1.51 bits per heavy atom. The van der Waals surface area contributed by atoms with Crippen molar-refractivity contribution in [1.82, 2.24) is 5.43 Å². The molecule has 3 aromatic rings. The Morgan fingerprint density at radius 3 is 2.19 bits per heavy atom. The van der Waals surface area contributed by atoms with E-state index in [0.717, 1.165) is 5.56 Å². The molecular weight excluding hydrogens is 476 g/mol. The van der Waals surface area contributed by atoms with Gasteiger partial charge in [0.05, 0.1) is 19.9 Å². The number of aryl methyl sites for hydroxylation is 1. The van der Waals surface area contributed by atoms with Gasteiger partial charge in [-0.15, -0.1) is 0 Å². The topological polar surface area (TPSA) is 127 Å². The molecule has 0 aliphatic heterocycles. The van der Waals surface area contributed by atoms with E-state index < -0.39 is 11.8 Å². The number of nitrogens with zero attached hydrogens (tertiary/aromatic N) is 1. The van der Waals surface area contributed by atoms with E-state index in [4.69, 9.17) is 14.2 Å². The number of rotatable bonds is 10. The monoisotopic (exact) mass is 504 g/mol. The molecule has 3 amide bonds. The summed E-state index contributed by atoms with van der Waals surface area (Å²) in [4.78, 5) is 36.3. The van der Waals surface area contributed by atoms with Gasteiger partial charge in [0, 0.05) is 11.4 Å². The molecule has 3 aromatic carbocycles. The maximum Gasteiger partial charge on any atom is 0.329 e. The lowest BCUT2D eigenvalue weighted by Gasteiger charge is -2.13. The van der Waals surface area contributed by atoms with Crippen molar-refractivity contribution in [3.63, 3.8) is 0 Å². The van der Waals surface area contributed by atoms with Crippen LogP contribution in [0.25, 0.3) is 0 Å². The van der Waals surface area contributed by atoms with Crippen LogP contribution >= 0.6 is 0 Å². The maximum atomic E-state index is 12.3. The van der Waals surface area contributed by atoms with Gasteiger partial charge in [0.1, 0.15) is 5.75 Å². The molecule has 0 saturated carbocycles. The van der Waals surface area contributed by atoms with Gasteiger partial charge in [-0.2, -0.15) is 5.10 Å². The fourth-order valence-electron chi connectivity index (χ4n) is 3.05. The van der Waals surface area contributed by atoms with Gasteiger partial charge in [-0.25, -0.2) is 5.43 Å². The van der Waals surface area contributed by atoms with Gasteiger partial charge in [-0.1, -0.05) is 17.7 Å². The second-order valence-electron chi connectivity index (χ2n) is 7.72. The van der Waals surface area contributed by atoms with Gasteiger partial charge < -0.3 is 24.8 Å².